The second kappa shape index (κ2) is 9.60. The van der Waals surface area contributed by atoms with E-state index in [4.69, 9.17) is 0 Å². The van der Waals surface area contributed by atoms with E-state index in [9.17, 15) is 9.59 Å². The van der Waals surface area contributed by atoms with Gasteiger partial charge in [-0.15, -0.1) is 0 Å². The average molecular weight is 423 g/mol. The van der Waals surface area contributed by atoms with E-state index in [1.807, 2.05) is 45.9 Å². The molecule has 0 atom stereocenters. The molecule has 0 saturated carbocycles. The van der Waals surface area contributed by atoms with Gasteiger partial charge in [-0.1, -0.05) is 6.07 Å². The van der Waals surface area contributed by atoms with Gasteiger partial charge in [0, 0.05) is 36.1 Å². The highest BCUT2D eigenvalue weighted by molar-refractivity contribution is 6.04. The summed E-state index contributed by atoms with van der Waals surface area (Å²) in [6.07, 6.45) is 5.06. The molecule has 2 heterocycles. The van der Waals surface area contributed by atoms with E-state index in [0.29, 0.717) is 5.56 Å². The summed E-state index contributed by atoms with van der Waals surface area (Å²) < 4.78 is 0. The van der Waals surface area contributed by atoms with Crippen LogP contribution in [-0.4, -0.2) is 40.3 Å². The molecule has 1 aliphatic rings. The number of carbonyl (C=O) groups is 2. The number of benzene rings is 1. The molecule has 0 spiro atoms. The fourth-order valence-electron chi connectivity index (χ4n) is 3.87. The van der Waals surface area contributed by atoms with Crippen LogP contribution in [0.3, 0.4) is 0 Å². The van der Waals surface area contributed by atoms with Crippen LogP contribution in [0.15, 0.2) is 36.7 Å². The topological polar surface area (TPSA) is 74.3 Å². The van der Waals surface area contributed by atoms with Crippen LogP contribution in [0.5, 0.6) is 0 Å². The Hall–Kier alpha value is -2.73. The zero-order chi connectivity index (χ0) is 22.6. The van der Waals surface area contributed by atoms with Gasteiger partial charge in [0.15, 0.2) is 0 Å². The van der Waals surface area contributed by atoms with E-state index in [0.717, 1.165) is 43.7 Å². The van der Waals surface area contributed by atoms with E-state index in [1.165, 1.54) is 11.1 Å². The van der Waals surface area contributed by atoms with Gasteiger partial charge in [0.25, 0.3) is 5.91 Å². The zero-order valence-electron chi connectivity index (χ0n) is 19.3. The number of amides is 2. The summed E-state index contributed by atoms with van der Waals surface area (Å²) >= 11 is 0. The number of pyridine rings is 1. The minimum Gasteiger partial charge on any atom is -0.351 e. The molecular weight excluding hydrogens is 388 g/mol. The van der Waals surface area contributed by atoms with Gasteiger partial charge in [-0.05, 0) is 95.4 Å². The van der Waals surface area contributed by atoms with Crippen molar-refractivity contribution in [3.63, 3.8) is 0 Å². The lowest BCUT2D eigenvalue weighted by atomic mass is 9.94. The lowest BCUT2D eigenvalue weighted by molar-refractivity contribution is -0.127. The lowest BCUT2D eigenvalue weighted by Gasteiger charge is -2.33. The molecule has 0 unspecified atom stereocenters. The molecule has 2 amide bonds. The Labute approximate surface area is 185 Å². The van der Waals surface area contributed by atoms with Crippen LogP contribution in [0.4, 0.5) is 5.69 Å². The number of likely N-dealkylation sites (tertiary alicyclic amines) is 1. The summed E-state index contributed by atoms with van der Waals surface area (Å²) in [4.78, 5) is 31.5. The van der Waals surface area contributed by atoms with Crippen LogP contribution in [0.1, 0.15) is 60.7 Å². The third-order valence-electron chi connectivity index (χ3n) is 5.59. The number of hydrogen-bond acceptors (Lipinski definition) is 4. The summed E-state index contributed by atoms with van der Waals surface area (Å²) in [6.45, 7) is 12.7. The highest BCUT2D eigenvalue weighted by Gasteiger charge is 2.27. The van der Waals surface area contributed by atoms with Gasteiger partial charge < -0.3 is 10.6 Å². The number of piperidine rings is 1. The number of aryl methyl sites for hydroxylation is 2. The molecule has 0 radical (unpaired) electrons. The SMILES string of the molecule is Cc1cncc(C(=O)Nc2ccc(C)c(CN3CCC(C(=O)NC(C)(C)C)CC3)c2)c1. The molecule has 1 aromatic heterocycles. The molecule has 1 aromatic carbocycles. The van der Waals surface area contributed by atoms with Crippen LogP contribution < -0.4 is 10.6 Å². The average Bonchev–Trinajstić information content (AvgIpc) is 2.69. The van der Waals surface area contributed by atoms with Crippen molar-refractivity contribution >= 4 is 17.5 Å². The number of nitrogens with one attached hydrogen (secondary N) is 2. The van der Waals surface area contributed by atoms with Gasteiger partial charge in [0.2, 0.25) is 5.91 Å². The van der Waals surface area contributed by atoms with Crippen molar-refractivity contribution in [3.05, 3.63) is 58.9 Å². The second-order valence-corrected chi connectivity index (χ2v) is 9.64. The fraction of sp³-hybridized carbons (Fsp3) is 0.480. The predicted octanol–water partition coefficient (Wildman–Crippen LogP) is 4.08. The monoisotopic (exact) mass is 422 g/mol. The van der Waals surface area contributed by atoms with Crippen molar-refractivity contribution in [3.8, 4) is 0 Å². The van der Waals surface area contributed by atoms with Gasteiger partial charge in [-0.25, -0.2) is 0 Å². The van der Waals surface area contributed by atoms with Crippen LogP contribution in [0.2, 0.25) is 0 Å². The van der Waals surface area contributed by atoms with Crippen LogP contribution in [0.25, 0.3) is 0 Å². The van der Waals surface area contributed by atoms with Crippen LogP contribution in [0, 0.1) is 19.8 Å². The summed E-state index contributed by atoms with van der Waals surface area (Å²) in [6, 6.07) is 7.86. The van der Waals surface area contributed by atoms with Gasteiger partial charge in [-0.2, -0.15) is 0 Å². The normalized spacial score (nSPS) is 15.5. The second-order valence-electron chi connectivity index (χ2n) is 9.64. The Morgan fingerprint density at radius 3 is 2.45 bits per heavy atom. The molecule has 2 aromatic rings. The minimum atomic E-state index is -0.190. The summed E-state index contributed by atoms with van der Waals surface area (Å²) in [5, 5.41) is 6.09. The molecule has 1 fully saturated rings. The standard InChI is InChI=1S/C25H34N4O2/c1-17-12-20(15-26-14-17)23(30)27-22-7-6-18(2)21(13-22)16-29-10-8-19(9-11-29)24(31)28-25(3,4)5/h6-7,12-15,19H,8-11,16H2,1-5H3,(H,27,30)(H,28,31). The Morgan fingerprint density at radius 1 is 1.10 bits per heavy atom. The maximum atomic E-state index is 12.6. The summed E-state index contributed by atoms with van der Waals surface area (Å²) in [5.74, 6) is 0.0977. The van der Waals surface area contributed by atoms with Crippen molar-refractivity contribution < 1.29 is 9.59 Å². The van der Waals surface area contributed by atoms with E-state index < -0.39 is 0 Å². The highest BCUT2D eigenvalue weighted by atomic mass is 16.2. The minimum absolute atomic E-state index is 0.0881. The summed E-state index contributed by atoms with van der Waals surface area (Å²) in [5.41, 5.74) is 4.49. The first kappa shape index (κ1) is 22.9. The zero-order valence-corrected chi connectivity index (χ0v) is 19.3. The third kappa shape index (κ3) is 6.62. The van der Waals surface area contributed by atoms with E-state index >= 15 is 0 Å². The highest BCUT2D eigenvalue weighted by Crippen LogP contribution is 2.23. The molecule has 6 nitrogen and oxygen atoms in total. The number of rotatable bonds is 5. The Kier molecular flexibility index (Phi) is 7.11. The van der Waals surface area contributed by atoms with Crippen molar-refractivity contribution in [2.75, 3.05) is 18.4 Å². The number of aromatic nitrogens is 1. The number of hydrogen-bond donors (Lipinski definition) is 2. The first-order valence-corrected chi connectivity index (χ1v) is 11.0. The summed E-state index contributed by atoms with van der Waals surface area (Å²) in [7, 11) is 0. The smallest absolute Gasteiger partial charge is 0.257 e. The largest absolute Gasteiger partial charge is 0.351 e. The molecule has 1 saturated heterocycles. The third-order valence-corrected chi connectivity index (χ3v) is 5.59. The van der Waals surface area contributed by atoms with Gasteiger partial charge in [-0.3, -0.25) is 19.5 Å². The van der Waals surface area contributed by atoms with Crippen LogP contribution >= 0.6 is 0 Å². The van der Waals surface area contributed by atoms with Crippen molar-refractivity contribution in [2.45, 2.75) is 59.5 Å². The van der Waals surface area contributed by atoms with Gasteiger partial charge in [0.05, 0.1) is 5.56 Å². The maximum Gasteiger partial charge on any atom is 0.257 e. The number of carbonyl (C=O) groups excluding carboxylic acids is 2. The fourth-order valence-corrected chi connectivity index (χ4v) is 3.87. The number of anilines is 1. The first-order chi connectivity index (χ1) is 14.6. The molecule has 31 heavy (non-hydrogen) atoms. The van der Waals surface area contributed by atoms with E-state index in [-0.39, 0.29) is 23.3 Å². The molecule has 1 aliphatic heterocycles. The Balaban J connectivity index is 1.59. The Bertz CT molecular complexity index is 941. The van der Waals surface area contributed by atoms with E-state index in [2.05, 4.69) is 33.5 Å². The molecule has 166 valence electrons. The molecule has 2 N–H and O–H groups in total. The van der Waals surface area contributed by atoms with Gasteiger partial charge >= 0.3 is 0 Å². The predicted molar refractivity (Wildman–Crippen MR) is 124 cm³/mol. The molecular formula is C25H34N4O2. The van der Waals surface area contributed by atoms with Crippen molar-refractivity contribution in [1.82, 2.24) is 15.2 Å². The first-order valence-electron chi connectivity index (χ1n) is 11.0. The van der Waals surface area contributed by atoms with Crippen molar-refractivity contribution in [2.24, 2.45) is 5.92 Å². The quantitative estimate of drug-likeness (QED) is 0.761. The van der Waals surface area contributed by atoms with E-state index in [1.54, 1.807) is 12.4 Å². The number of nitrogens with zero attached hydrogens (tertiary/aromatic N) is 2. The molecule has 0 bridgehead atoms. The van der Waals surface area contributed by atoms with Crippen molar-refractivity contribution in [1.29, 1.82) is 0 Å². The Morgan fingerprint density at radius 2 is 1.81 bits per heavy atom. The lowest BCUT2D eigenvalue weighted by Crippen LogP contribution is -2.46. The molecule has 6 heteroatoms. The molecule has 0 aliphatic carbocycles. The van der Waals surface area contributed by atoms with Crippen LogP contribution in [-0.2, 0) is 11.3 Å². The maximum absolute atomic E-state index is 12.6. The molecule has 3 rings (SSSR count). The van der Waals surface area contributed by atoms with Gasteiger partial charge in [0.1, 0.15) is 0 Å².